The van der Waals surface area contributed by atoms with Gasteiger partial charge in [-0.2, -0.15) is 0 Å². The van der Waals surface area contributed by atoms with Crippen molar-refractivity contribution >= 4 is 5.97 Å². The maximum absolute atomic E-state index is 13.1. The molecule has 0 fully saturated rings. The first-order valence-corrected chi connectivity index (χ1v) is 7.32. The summed E-state index contributed by atoms with van der Waals surface area (Å²) in [5.74, 6) is 0.0522. The Balaban J connectivity index is 2.08. The molecule has 0 aliphatic rings. The fourth-order valence-corrected chi connectivity index (χ4v) is 2.14. The third kappa shape index (κ3) is 4.79. The molecule has 5 heteroatoms. The Morgan fingerprint density at radius 3 is 2.48 bits per heavy atom. The van der Waals surface area contributed by atoms with Crippen molar-refractivity contribution in [1.29, 1.82) is 0 Å². The van der Waals surface area contributed by atoms with Crippen LogP contribution in [0.5, 0.6) is 11.5 Å². The quantitative estimate of drug-likeness (QED) is 0.824. The highest BCUT2D eigenvalue weighted by atomic mass is 19.1. The van der Waals surface area contributed by atoms with Gasteiger partial charge in [0.2, 0.25) is 0 Å². The number of hydrogen-bond acceptors (Lipinski definition) is 4. The van der Waals surface area contributed by atoms with Gasteiger partial charge in [-0.25, -0.2) is 4.39 Å². The standard InChI is InChI=1S/C18H19FO4/c1-3-22-17(20)12-18(2,21)13-7-9-15(10-8-13)23-16-6-4-5-14(19)11-16/h4-11,21H,3,12H2,1-2H3. The number of aliphatic hydroxyl groups is 1. The second-order valence-corrected chi connectivity index (χ2v) is 5.34. The summed E-state index contributed by atoms with van der Waals surface area (Å²) in [6.07, 6.45) is -0.134. The van der Waals surface area contributed by atoms with Gasteiger partial charge >= 0.3 is 5.97 Å². The van der Waals surface area contributed by atoms with E-state index in [1.54, 1.807) is 50.2 Å². The molecule has 2 aromatic carbocycles. The topological polar surface area (TPSA) is 55.8 Å². The molecular weight excluding hydrogens is 299 g/mol. The summed E-state index contributed by atoms with van der Waals surface area (Å²) in [6, 6.07) is 12.5. The fourth-order valence-electron chi connectivity index (χ4n) is 2.14. The second kappa shape index (κ2) is 7.24. The number of carbonyl (C=O) groups excluding carboxylic acids is 1. The van der Waals surface area contributed by atoms with Crippen LogP contribution in [0.2, 0.25) is 0 Å². The average molecular weight is 318 g/mol. The van der Waals surface area contributed by atoms with E-state index in [0.717, 1.165) is 0 Å². The van der Waals surface area contributed by atoms with E-state index in [-0.39, 0.29) is 18.8 Å². The number of rotatable bonds is 6. The highest BCUT2D eigenvalue weighted by molar-refractivity contribution is 5.71. The first-order chi connectivity index (χ1) is 10.9. The van der Waals surface area contributed by atoms with Crippen LogP contribution < -0.4 is 4.74 Å². The molecule has 23 heavy (non-hydrogen) atoms. The van der Waals surface area contributed by atoms with Crippen molar-refractivity contribution in [3.05, 3.63) is 59.9 Å². The van der Waals surface area contributed by atoms with Gasteiger partial charge in [-0.05, 0) is 43.7 Å². The third-order valence-electron chi connectivity index (χ3n) is 3.30. The Labute approximate surface area is 134 Å². The van der Waals surface area contributed by atoms with Crippen LogP contribution in [0.3, 0.4) is 0 Å². The van der Waals surface area contributed by atoms with Crippen LogP contribution in [0.15, 0.2) is 48.5 Å². The number of esters is 1. The van der Waals surface area contributed by atoms with Crippen LogP contribution in [-0.2, 0) is 15.1 Å². The summed E-state index contributed by atoms with van der Waals surface area (Å²) < 4.78 is 23.5. The molecule has 2 rings (SSSR count). The van der Waals surface area contributed by atoms with Crippen molar-refractivity contribution in [2.45, 2.75) is 25.9 Å². The summed E-state index contributed by atoms with van der Waals surface area (Å²) in [6.45, 7) is 3.53. The van der Waals surface area contributed by atoms with Gasteiger partial charge in [0, 0.05) is 6.07 Å². The Bertz CT molecular complexity index is 665. The van der Waals surface area contributed by atoms with Gasteiger partial charge in [0.15, 0.2) is 0 Å². The Morgan fingerprint density at radius 2 is 1.87 bits per heavy atom. The molecular formula is C18H19FO4. The summed E-state index contributed by atoms with van der Waals surface area (Å²) in [7, 11) is 0. The molecule has 0 spiro atoms. The lowest BCUT2D eigenvalue weighted by Crippen LogP contribution is -2.26. The van der Waals surface area contributed by atoms with Crippen molar-refractivity contribution < 1.29 is 23.8 Å². The molecule has 4 nitrogen and oxygen atoms in total. The van der Waals surface area contributed by atoms with E-state index in [4.69, 9.17) is 9.47 Å². The predicted octanol–water partition coefficient (Wildman–Crippen LogP) is 3.78. The van der Waals surface area contributed by atoms with Crippen LogP contribution in [0.1, 0.15) is 25.8 Å². The van der Waals surface area contributed by atoms with E-state index in [1.807, 2.05) is 0 Å². The molecule has 122 valence electrons. The highest BCUT2D eigenvalue weighted by Crippen LogP contribution is 2.28. The number of benzene rings is 2. The van der Waals surface area contributed by atoms with Crippen molar-refractivity contribution in [2.75, 3.05) is 6.61 Å². The van der Waals surface area contributed by atoms with Crippen LogP contribution in [0, 0.1) is 5.82 Å². The molecule has 0 radical (unpaired) electrons. The number of hydrogen-bond donors (Lipinski definition) is 1. The maximum atomic E-state index is 13.1. The van der Waals surface area contributed by atoms with Gasteiger partial charge in [-0.1, -0.05) is 18.2 Å². The number of carbonyl (C=O) groups is 1. The summed E-state index contributed by atoms with van der Waals surface area (Å²) in [4.78, 5) is 11.5. The van der Waals surface area contributed by atoms with Gasteiger partial charge in [0.25, 0.3) is 0 Å². The second-order valence-electron chi connectivity index (χ2n) is 5.34. The largest absolute Gasteiger partial charge is 0.466 e. The van der Waals surface area contributed by atoms with Gasteiger partial charge in [0.1, 0.15) is 17.3 Å². The molecule has 0 saturated heterocycles. The van der Waals surface area contributed by atoms with Crippen LogP contribution in [0.4, 0.5) is 4.39 Å². The Kier molecular flexibility index (Phi) is 5.34. The normalized spacial score (nSPS) is 13.2. The van der Waals surface area contributed by atoms with Gasteiger partial charge in [-0.3, -0.25) is 4.79 Å². The summed E-state index contributed by atoms with van der Waals surface area (Å²) in [5.41, 5.74) is -0.763. The predicted molar refractivity (Wildman–Crippen MR) is 83.7 cm³/mol. The van der Waals surface area contributed by atoms with Gasteiger partial charge in [0.05, 0.1) is 18.6 Å². The van der Waals surface area contributed by atoms with Crippen molar-refractivity contribution in [1.82, 2.24) is 0 Å². The number of halogens is 1. The van der Waals surface area contributed by atoms with Gasteiger partial charge in [-0.15, -0.1) is 0 Å². The zero-order chi connectivity index (χ0) is 16.9. The van der Waals surface area contributed by atoms with E-state index in [2.05, 4.69) is 0 Å². The summed E-state index contributed by atoms with van der Waals surface area (Å²) >= 11 is 0. The molecule has 0 amide bonds. The Hall–Kier alpha value is -2.40. The van der Waals surface area contributed by atoms with Crippen molar-refractivity contribution in [3.63, 3.8) is 0 Å². The molecule has 1 unspecified atom stereocenters. The van der Waals surface area contributed by atoms with E-state index in [9.17, 15) is 14.3 Å². The third-order valence-corrected chi connectivity index (χ3v) is 3.30. The SMILES string of the molecule is CCOC(=O)CC(C)(O)c1ccc(Oc2cccc(F)c2)cc1. The molecule has 0 aromatic heterocycles. The fraction of sp³-hybridized carbons (Fsp3) is 0.278. The molecule has 0 saturated carbocycles. The van der Waals surface area contributed by atoms with E-state index in [1.165, 1.54) is 12.1 Å². The van der Waals surface area contributed by atoms with Crippen LogP contribution >= 0.6 is 0 Å². The molecule has 0 heterocycles. The first-order valence-electron chi connectivity index (χ1n) is 7.32. The lowest BCUT2D eigenvalue weighted by molar-refractivity contribution is -0.148. The van der Waals surface area contributed by atoms with E-state index in [0.29, 0.717) is 17.1 Å². The maximum Gasteiger partial charge on any atom is 0.309 e. The number of ether oxygens (including phenoxy) is 2. The van der Waals surface area contributed by atoms with Crippen molar-refractivity contribution in [2.24, 2.45) is 0 Å². The Morgan fingerprint density at radius 1 is 1.17 bits per heavy atom. The molecule has 0 bridgehead atoms. The van der Waals surface area contributed by atoms with Crippen LogP contribution in [0.25, 0.3) is 0 Å². The minimum absolute atomic E-state index is 0.134. The zero-order valence-corrected chi connectivity index (χ0v) is 13.1. The highest BCUT2D eigenvalue weighted by Gasteiger charge is 2.27. The lowest BCUT2D eigenvalue weighted by atomic mass is 9.92. The minimum atomic E-state index is -1.33. The smallest absolute Gasteiger partial charge is 0.309 e. The lowest BCUT2D eigenvalue weighted by Gasteiger charge is -2.23. The molecule has 0 aliphatic heterocycles. The van der Waals surface area contributed by atoms with E-state index < -0.39 is 11.6 Å². The average Bonchev–Trinajstić information content (AvgIpc) is 2.47. The molecule has 1 N–H and O–H groups in total. The van der Waals surface area contributed by atoms with E-state index >= 15 is 0 Å². The van der Waals surface area contributed by atoms with Crippen LogP contribution in [-0.4, -0.2) is 17.7 Å². The monoisotopic (exact) mass is 318 g/mol. The van der Waals surface area contributed by atoms with Gasteiger partial charge < -0.3 is 14.6 Å². The summed E-state index contributed by atoms with van der Waals surface area (Å²) in [5, 5.41) is 10.4. The van der Waals surface area contributed by atoms with Crippen molar-refractivity contribution in [3.8, 4) is 11.5 Å². The molecule has 2 aromatic rings. The zero-order valence-electron chi connectivity index (χ0n) is 13.1. The first kappa shape index (κ1) is 17.0. The minimum Gasteiger partial charge on any atom is -0.466 e. The molecule has 0 aliphatic carbocycles. The molecule has 1 atom stereocenters.